The molecule has 86 valence electrons. The van der Waals surface area contributed by atoms with Crippen LogP contribution in [0.25, 0.3) is 0 Å². The van der Waals surface area contributed by atoms with E-state index in [2.05, 4.69) is 4.98 Å². The Morgan fingerprint density at radius 1 is 1.62 bits per heavy atom. The summed E-state index contributed by atoms with van der Waals surface area (Å²) in [6.45, 7) is 0. The van der Waals surface area contributed by atoms with E-state index in [9.17, 15) is 23.7 Å². The molecule has 1 amide bonds. The van der Waals surface area contributed by atoms with E-state index in [1.54, 1.807) is 0 Å². The number of carbonyl (C=O) groups excluding carboxylic acids is 1. The van der Waals surface area contributed by atoms with E-state index in [1.165, 1.54) is 22.6 Å². The molecule has 2 N–H and O–H groups in total. The minimum Gasteiger partial charge on any atom is -0.366 e. The van der Waals surface area contributed by atoms with Crippen LogP contribution in [0.5, 0.6) is 0 Å². The Balaban J connectivity index is 3.51. The van der Waals surface area contributed by atoms with Crippen molar-refractivity contribution in [2.24, 2.45) is 5.73 Å². The van der Waals surface area contributed by atoms with Gasteiger partial charge in [0.2, 0.25) is 11.6 Å². The number of nitrogens with two attached hydrogens (primary N) is 1. The van der Waals surface area contributed by atoms with Gasteiger partial charge in [0.1, 0.15) is 0 Å². The third-order valence-corrected chi connectivity index (χ3v) is 2.76. The number of amides is 1. The van der Waals surface area contributed by atoms with Gasteiger partial charge >= 0.3 is 12.2 Å². The molecule has 0 unspecified atom stereocenters. The van der Waals surface area contributed by atoms with E-state index in [4.69, 9.17) is 5.73 Å². The zero-order valence-corrected chi connectivity index (χ0v) is 9.64. The number of primary amides is 1. The number of rotatable bonds is 3. The van der Waals surface area contributed by atoms with Crippen LogP contribution in [-0.2, 0) is 0 Å². The lowest BCUT2D eigenvalue weighted by atomic mass is 10.2. The van der Waals surface area contributed by atoms with Crippen molar-refractivity contribution in [1.82, 2.24) is 4.98 Å². The zero-order valence-electron chi connectivity index (χ0n) is 7.49. The standard InChI is InChI=1S/C7H4F2IN3O3/c8-6(9)5-4(10)2(7(11)14)1-3(12-5)13(15)16/h1,6H,(H2,11,14). The molecular formula is C7H4F2IN3O3. The second kappa shape index (κ2) is 4.63. The maximum absolute atomic E-state index is 12.5. The second-order valence-corrected chi connectivity index (χ2v) is 3.73. The molecule has 1 aromatic rings. The van der Waals surface area contributed by atoms with E-state index < -0.39 is 28.8 Å². The van der Waals surface area contributed by atoms with Gasteiger partial charge in [0, 0.05) is 6.07 Å². The molecule has 1 rings (SSSR count). The Hall–Kier alpha value is -1.39. The maximum atomic E-state index is 12.5. The summed E-state index contributed by atoms with van der Waals surface area (Å²) in [5.74, 6) is -1.85. The number of nitro groups is 1. The fourth-order valence-corrected chi connectivity index (χ4v) is 1.73. The van der Waals surface area contributed by atoms with Crippen molar-refractivity contribution in [2.45, 2.75) is 6.43 Å². The SMILES string of the molecule is NC(=O)c1cc([N+](=O)[O-])nc(C(F)F)c1I. The topological polar surface area (TPSA) is 99.1 Å². The van der Waals surface area contributed by atoms with E-state index in [0.717, 1.165) is 6.07 Å². The second-order valence-electron chi connectivity index (χ2n) is 2.65. The number of alkyl halides is 2. The summed E-state index contributed by atoms with van der Waals surface area (Å²) in [7, 11) is 0. The average molecular weight is 343 g/mol. The molecule has 1 heterocycles. The Morgan fingerprint density at radius 3 is 2.56 bits per heavy atom. The number of halogens is 3. The Bertz CT molecular complexity index is 466. The molecule has 0 aromatic carbocycles. The summed E-state index contributed by atoms with van der Waals surface area (Å²) >= 11 is 1.45. The van der Waals surface area contributed by atoms with Crippen molar-refractivity contribution in [3.63, 3.8) is 0 Å². The van der Waals surface area contributed by atoms with E-state index in [-0.39, 0.29) is 9.13 Å². The Kier molecular flexibility index (Phi) is 3.67. The lowest BCUT2D eigenvalue weighted by Gasteiger charge is -2.03. The molecular weight excluding hydrogens is 339 g/mol. The third kappa shape index (κ3) is 2.40. The lowest BCUT2D eigenvalue weighted by Crippen LogP contribution is -2.15. The average Bonchev–Trinajstić information content (AvgIpc) is 2.16. The minimum atomic E-state index is -3.01. The van der Waals surface area contributed by atoms with Gasteiger partial charge in [-0.05, 0) is 32.5 Å². The van der Waals surface area contributed by atoms with Crippen LogP contribution >= 0.6 is 22.6 Å². The highest BCUT2D eigenvalue weighted by Gasteiger charge is 2.27. The molecule has 0 saturated carbocycles. The summed E-state index contributed by atoms with van der Waals surface area (Å²) < 4.78 is 24.8. The fraction of sp³-hybridized carbons (Fsp3) is 0.143. The van der Waals surface area contributed by atoms with E-state index in [1.807, 2.05) is 0 Å². The molecule has 0 aliphatic carbocycles. The van der Waals surface area contributed by atoms with Gasteiger partial charge < -0.3 is 15.8 Å². The first kappa shape index (κ1) is 12.7. The van der Waals surface area contributed by atoms with Crippen LogP contribution in [0.1, 0.15) is 22.5 Å². The highest BCUT2D eigenvalue weighted by molar-refractivity contribution is 14.1. The number of hydrogen-bond acceptors (Lipinski definition) is 4. The van der Waals surface area contributed by atoms with Gasteiger partial charge in [0.15, 0.2) is 0 Å². The largest absolute Gasteiger partial charge is 0.366 e. The molecule has 0 fully saturated rings. The van der Waals surface area contributed by atoms with Gasteiger partial charge in [0.25, 0.3) is 0 Å². The quantitative estimate of drug-likeness (QED) is 0.512. The molecule has 0 saturated heterocycles. The van der Waals surface area contributed by atoms with Crippen LogP contribution in [0.3, 0.4) is 0 Å². The normalized spacial score (nSPS) is 10.5. The number of carbonyl (C=O) groups is 1. The first-order valence-corrected chi connectivity index (χ1v) is 4.85. The van der Waals surface area contributed by atoms with Gasteiger partial charge in [-0.3, -0.25) is 4.79 Å². The smallest absolute Gasteiger partial charge is 0.364 e. The number of nitrogens with zero attached hydrogens (tertiary/aromatic N) is 2. The van der Waals surface area contributed by atoms with Crippen LogP contribution in [0, 0.1) is 13.7 Å². The molecule has 16 heavy (non-hydrogen) atoms. The predicted octanol–water partition coefficient (Wildman–Crippen LogP) is 1.63. The van der Waals surface area contributed by atoms with E-state index in [0.29, 0.717) is 0 Å². The van der Waals surface area contributed by atoms with Crippen molar-refractivity contribution >= 4 is 34.3 Å². The van der Waals surface area contributed by atoms with Gasteiger partial charge in [-0.15, -0.1) is 0 Å². The van der Waals surface area contributed by atoms with Crippen LogP contribution in [0.2, 0.25) is 0 Å². The molecule has 0 spiro atoms. The van der Waals surface area contributed by atoms with Gasteiger partial charge in [-0.2, -0.15) is 0 Å². The third-order valence-electron chi connectivity index (χ3n) is 1.63. The molecule has 1 aromatic heterocycles. The van der Waals surface area contributed by atoms with Crippen molar-refractivity contribution in [2.75, 3.05) is 0 Å². The van der Waals surface area contributed by atoms with Crippen LogP contribution in [-0.4, -0.2) is 15.8 Å². The summed E-state index contributed by atoms with van der Waals surface area (Å²) in [4.78, 5) is 23.5. The first-order valence-electron chi connectivity index (χ1n) is 3.77. The maximum Gasteiger partial charge on any atom is 0.364 e. The molecule has 0 atom stereocenters. The molecule has 0 aliphatic rings. The zero-order chi connectivity index (χ0) is 12.5. The minimum absolute atomic E-state index is 0.175. The van der Waals surface area contributed by atoms with Crippen molar-refractivity contribution < 1.29 is 18.5 Å². The molecule has 9 heteroatoms. The van der Waals surface area contributed by atoms with Gasteiger partial charge in [-0.1, -0.05) is 0 Å². The van der Waals surface area contributed by atoms with Gasteiger partial charge in [-0.25, -0.2) is 8.78 Å². The fourth-order valence-electron chi connectivity index (χ4n) is 0.953. The predicted molar refractivity (Wildman–Crippen MR) is 57.1 cm³/mol. The summed E-state index contributed by atoms with van der Waals surface area (Å²) in [5.41, 5.74) is 3.76. The van der Waals surface area contributed by atoms with Crippen molar-refractivity contribution in [1.29, 1.82) is 0 Å². The monoisotopic (exact) mass is 343 g/mol. The molecule has 0 radical (unpaired) electrons. The lowest BCUT2D eigenvalue weighted by molar-refractivity contribution is -0.389. The Morgan fingerprint density at radius 2 is 2.19 bits per heavy atom. The Labute approximate surface area is 101 Å². The highest BCUT2D eigenvalue weighted by atomic mass is 127. The molecule has 0 aliphatic heterocycles. The van der Waals surface area contributed by atoms with Crippen molar-refractivity contribution in [3.05, 3.63) is 31.0 Å². The number of hydrogen-bond donors (Lipinski definition) is 1. The summed E-state index contributed by atoms with van der Waals surface area (Å²) in [6.07, 6.45) is -3.01. The molecule has 0 bridgehead atoms. The van der Waals surface area contributed by atoms with E-state index >= 15 is 0 Å². The van der Waals surface area contributed by atoms with Crippen LogP contribution in [0.15, 0.2) is 6.07 Å². The number of aromatic nitrogens is 1. The van der Waals surface area contributed by atoms with Gasteiger partial charge in [0.05, 0.1) is 9.13 Å². The van der Waals surface area contributed by atoms with Crippen LogP contribution in [0.4, 0.5) is 14.6 Å². The van der Waals surface area contributed by atoms with Crippen molar-refractivity contribution in [3.8, 4) is 0 Å². The molecule has 6 nitrogen and oxygen atoms in total. The number of pyridine rings is 1. The summed E-state index contributed by atoms with van der Waals surface area (Å²) in [5, 5.41) is 10.4. The van der Waals surface area contributed by atoms with Crippen LogP contribution < -0.4 is 5.73 Å². The first-order chi connectivity index (χ1) is 7.34. The highest BCUT2D eigenvalue weighted by Crippen LogP contribution is 2.27. The summed E-state index contributed by atoms with van der Waals surface area (Å²) in [6, 6.07) is 0.774.